The number of hydrogen-bond donors (Lipinski definition) is 1. The molecule has 0 heterocycles. The fourth-order valence-corrected chi connectivity index (χ4v) is 2.75. The zero-order chi connectivity index (χ0) is 16.4. The lowest BCUT2D eigenvalue weighted by atomic mass is 10.2. The highest BCUT2D eigenvalue weighted by Gasteiger charge is 2.30. The molecule has 4 nitrogen and oxygen atoms in total. The average Bonchev–Trinajstić information content (AvgIpc) is 2.46. The first-order chi connectivity index (χ1) is 10.2. The predicted molar refractivity (Wildman–Crippen MR) is 74.1 cm³/mol. The van der Waals surface area contributed by atoms with E-state index in [1.54, 1.807) is 0 Å². The number of alkyl halides is 3. The molecule has 1 N–H and O–H groups in total. The van der Waals surface area contributed by atoms with E-state index in [1.807, 2.05) is 0 Å². The van der Waals surface area contributed by atoms with Crippen LogP contribution in [0.4, 0.5) is 18.9 Å². The third-order valence-corrected chi connectivity index (χ3v) is 4.17. The van der Waals surface area contributed by atoms with Gasteiger partial charge in [0, 0.05) is 11.3 Å². The molecule has 0 saturated heterocycles. The molecule has 0 aromatic heterocycles. The first kappa shape index (κ1) is 16.0. The molecule has 0 aliphatic carbocycles. The summed E-state index contributed by atoms with van der Waals surface area (Å²) in [5.41, 5.74) is -0.865. The van der Waals surface area contributed by atoms with Gasteiger partial charge in [0.1, 0.15) is 6.29 Å². The molecule has 0 bridgehead atoms. The Kier molecular flexibility index (Phi) is 4.23. The molecule has 0 unspecified atom stereocenters. The van der Waals surface area contributed by atoms with Gasteiger partial charge in [0.2, 0.25) is 0 Å². The monoisotopic (exact) mass is 329 g/mol. The van der Waals surface area contributed by atoms with Crippen molar-refractivity contribution < 1.29 is 26.4 Å². The fourth-order valence-electron chi connectivity index (χ4n) is 1.70. The van der Waals surface area contributed by atoms with Crippen LogP contribution >= 0.6 is 0 Å². The number of aldehydes is 1. The second kappa shape index (κ2) is 5.80. The summed E-state index contributed by atoms with van der Waals surface area (Å²) >= 11 is 0. The molecule has 8 heteroatoms. The van der Waals surface area contributed by atoms with Gasteiger partial charge >= 0.3 is 6.18 Å². The molecule has 2 aromatic rings. The maximum Gasteiger partial charge on any atom is 0.416 e. The molecule has 0 aliphatic heterocycles. The van der Waals surface area contributed by atoms with Gasteiger partial charge in [-0.2, -0.15) is 13.2 Å². The smallest absolute Gasteiger partial charge is 0.298 e. The van der Waals surface area contributed by atoms with Gasteiger partial charge in [0.15, 0.2) is 0 Å². The lowest BCUT2D eigenvalue weighted by molar-refractivity contribution is -0.137. The van der Waals surface area contributed by atoms with Crippen LogP contribution in [0.25, 0.3) is 0 Å². The standard InChI is InChI=1S/C14H10F3NO3S/c15-14(16,17)11-2-1-3-12(8-11)18-22(20,21)13-6-4-10(9-19)5-7-13/h1-9,18H. The number of carbonyl (C=O) groups is 1. The number of halogens is 3. The number of sulfonamides is 1. The molecule has 0 amide bonds. The van der Waals surface area contributed by atoms with Gasteiger partial charge in [-0.3, -0.25) is 9.52 Å². The van der Waals surface area contributed by atoms with Crippen molar-refractivity contribution in [3.63, 3.8) is 0 Å². The molecule has 0 atom stereocenters. The number of nitrogens with one attached hydrogen (secondary N) is 1. The van der Waals surface area contributed by atoms with Crippen LogP contribution in [0.15, 0.2) is 53.4 Å². The first-order valence-electron chi connectivity index (χ1n) is 5.98. The van der Waals surface area contributed by atoms with E-state index in [0.29, 0.717) is 12.4 Å². The van der Waals surface area contributed by atoms with Crippen LogP contribution in [0, 0.1) is 0 Å². The van der Waals surface area contributed by atoms with E-state index in [4.69, 9.17) is 0 Å². The summed E-state index contributed by atoms with van der Waals surface area (Å²) in [7, 11) is -4.03. The van der Waals surface area contributed by atoms with Gasteiger partial charge in [0.05, 0.1) is 10.5 Å². The Morgan fingerprint density at radius 2 is 1.64 bits per heavy atom. The summed E-state index contributed by atoms with van der Waals surface area (Å²) in [5.74, 6) is 0. The second-order valence-electron chi connectivity index (χ2n) is 4.37. The second-order valence-corrected chi connectivity index (χ2v) is 6.05. The SMILES string of the molecule is O=Cc1ccc(S(=O)(=O)Nc2cccc(C(F)(F)F)c2)cc1. The number of carbonyl (C=O) groups excluding carboxylic acids is 1. The van der Waals surface area contributed by atoms with Gasteiger partial charge in [-0.05, 0) is 30.3 Å². The Bertz CT molecular complexity index is 784. The van der Waals surface area contributed by atoms with Crippen molar-refractivity contribution in [1.29, 1.82) is 0 Å². The van der Waals surface area contributed by atoms with E-state index in [-0.39, 0.29) is 16.1 Å². The molecular weight excluding hydrogens is 319 g/mol. The van der Waals surface area contributed by atoms with Gasteiger partial charge < -0.3 is 0 Å². The quantitative estimate of drug-likeness (QED) is 0.875. The van der Waals surface area contributed by atoms with E-state index in [2.05, 4.69) is 4.72 Å². The fraction of sp³-hybridized carbons (Fsp3) is 0.0714. The van der Waals surface area contributed by atoms with Crippen molar-refractivity contribution >= 4 is 22.0 Å². The molecule has 0 radical (unpaired) electrons. The highest BCUT2D eigenvalue weighted by Crippen LogP contribution is 2.31. The molecule has 0 saturated carbocycles. The van der Waals surface area contributed by atoms with Crippen molar-refractivity contribution in [1.82, 2.24) is 0 Å². The summed E-state index contributed by atoms with van der Waals surface area (Å²) in [5, 5.41) is 0. The summed E-state index contributed by atoms with van der Waals surface area (Å²) in [6.45, 7) is 0. The Labute approximate surface area is 124 Å². The van der Waals surface area contributed by atoms with E-state index < -0.39 is 21.8 Å². The summed E-state index contributed by atoms with van der Waals surface area (Å²) in [6, 6.07) is 8.86. The molecule has 0 spiro atoms. The molecule has 0 aliphatic rings. The molecular formula is C14H10F3NO3S. The van der Waals surface area contributed by atoms with E-state index in [9.17, 15) is 26.4 Å². The minimum atomic E-state index is -4.56. The van der Waals surface area contributed by atoms with Crippen molar-refractivity contribution in [3.05, 3.63) is 59.7 Å². The average molecular weight is 329 g/mol. The molecule has 22 heavy (non-hydrogen) atoms. The van der Waals surface area contributed by atoms with E-state index in [1.165, 1.54) is 30.3 Å². The minimum absolute atomic E-state index is 0.157. The number of benzene rings is 2. The Balaban J connectivity index is 2.30. The van der Waals surface area contributed by atoms with Crippen LogP contribution in [-0.4, -0.2) is 14.7 Å². The zero-order valence-corrected chi connectivity index (χ0v) is 11.8. The lowest BCUT2D eigenvalue weighted by Crippen LogP contribution is -2.14. The zero-order valence-electron chi connectivity index (χ0n) is 11.0. The van der Waals surface area contributed by atoms with Gasteiger partial charge in [0.25, 0.3) is 10.0 Å². The van der Waals surface area contributed by atoms with E-state index in [0.717, 1.165) is 12.1 Å². The van der Waals surface area contributed by atoms with Crippen LogP contribution in [0.1, 0.15) is 15.9 Å². The molecule has 116 valence electrons. The topological polar surface area (TPSA) is 63.2 Å². The highest BCUT2D eigenvalue weighted by molar-refractivity contribution is 7.92. The van der Waals surface area contributed by atoms with Gasteiger partial charge in [-0.15, -0.1) is 0 Å². The number of rotatable bonds is 4. The van der Waals surface area contributed by atoms with Crippen LogP contribution in [0.3, 0.4) is 0 Å². The van der Waals surface area contributed by atoms with Gasteiger partial charge in [-0.25, -0.2) is 8.42 Å². The molecule has 2 aromatic carbocycles. The van der Waals surface area contributed by atoms with Crippen molar-refractivity contribution in [3.8, 4) is 0 Å². The Morgan fingerprint density at radius 3 is 2.18 bits per heavy atom. The van der Waals surface area contributed by atoms with Crippen molar-refractivity contribution in [2.75, 3.05) is 4.72 Å². The first-order valence-corrected chi connectivity index (χ1v) is 7.46. The van der Waals surface area contributed by atoms with Crippen LogP contribution in [-0.2, 0) is 16.2 Å². The lowest BCUT2D eigenvalue weighted by Gasteiger charge is -2.11. The summed E-state index contributed by atoms with van der Waals surface area (Å²) in [4.78, 5) is 10.4. The number of hydrogen-bond acceptors (Lipinski definition) is 3. The predicted octanol–water partition coefficient (Wildman–Crippen LogP) is 3.32. The molecule has 0 fully saturated rings. The van der Waals surface area contributed by atoms with Crippen LogP contribution < -0.4 is 4.72 Å². The summed E-state index contributed by atoms with van der Waals surface area (Å²) < 4.78 is 64.0. The largest absolute Gasteiger partial charge is 0.416 e. The highest BCUT2D eigenvalue weighted by atomic mass is 32.2. The number of anilines is 1. The maximum atomic E-state index is 12.6. The van der Waals surface area contributed by atoms with Crippen LogP contribution in [0.2, 0.25) is 0 Å². The third kappa shape index (κ3) is 3.64. The van der Waals surface area contributed by atoms with Crippen LogP contribution in [0.5, 0.6) is 0 Å². The van der Waals surface area contributed by atoms with Gasteiger partial charge in [-0.1, -0.05) is 18.2 Å². The Hall–Kier alpha value is -2.35. The third-order valence-electron chi connectivity index (χ3n) is 2.77. The van der Waals surface area contributed by atoms with Crippen molar-refractivity contribution in [2.45, 2.75) is 11.1 Å². The Morgan fingerprint density at radius 1 is 1.00 bits per heavy atom. The molecule has 2 rings (SSSR count). The summed E-state index contributed by atoms with van der Waals surface area (Å²) in [6.07, 6.45) is -4.01. The van der Waals surface area contributed by atoms with Crippen molar-refractivity contribution in [2.24, 2.45) is 0 Å². The minimum Gasteiger partial charge on any atom is -0.298 e. The maximum absolute atomic E-state index is 12.6. The van der Waals surface area contributed by atoms with E-state index >= 15 is 0 Å². The normalized spacial score (nSPS) is 12.0.